The first-order valence-electron chi connectivity index (χ1n) is 10.4. The topological polar surface area (TPSA) is 39.7 Å². The second kappa shape index (κ2) is 9.84. The molecule has 0 radical (unpaired) electrons. The summed E-state index contributed by atoms with van der Waals surface area (Å²) in [5.74, 6) is 2.24. The molecular formula is C24H32ClNO3. The van der Waals surface area contributed by atoms with Crippen LogP contribution in [0.3, 0.4) is 0 Å². The molecule has 0 aliphatic carbocycles. The third-order valence-electron chi connectivity index (χ3n) is 6.18. The molecule has 2 aliphatic rings. The average Bonchev–Trinajstić information content (AvgIpc) is 3.20. The number of hydrogen-bond acceptors (Lipinski definition) is 4. The van der Waals surface area contributed by atoms with Crippen LogP contribution in [0.4, 0.5) is 0 Å². The highest BCUT2D eigenvalue weighted by atomic mass is 35.5. The lowest BCUT2D eigenvalue weighted by molar-refractivity contribution is -0.0469. The molecule has 2 aliphatic heterocycles. The fourth-order valence-corrected chi connectivity index (χ4v) is 4.42. The van der Waals surface area contributed by atoms with E-state index in [0.29, 0.717) is 18.8 Å². The van der Waals surface area contributed by atoms with E-state index >= 15 is 0 Å². The Morgan fingerprint density at radius 2 is 1.86 bits per heavy atom. The van der Waals surface area contributed by atoms with Crippen molar-refractivity contribution >= 4 is 12.4 Å². The molecule has 29 heavy (non-hydrogen) atoms. The normalized spacial score (nSPS) is 23.1. The van der Waals surface area contributed by atoms with Crippen LogP contribution in [0.5, 0.6) is 11.5 Å². The van der Waals surface area contributed by atoms with Crippen LogP contribution in [0.15, 0.2) is 48.5 Å². The zero-order chi connectivity index (χ0) is 19.4. The van der Waals surface area contributed by atoms with Gasteiger partial charge in [-0.2, -0.15) is 0 Å². The number of halogens is 1. The van der Waals surface area contributed by atoms with E-state index in [9.17, 15) is 0 Å². The van der Waals surface area contributed by atoms with E-state index < -0.39 is 0 Å². The van der Waals surface area contributed by atoms with Crippen LogP contribution < -0.4 is 14.8 Å². The summed E-state index contributed by atoms with van der Waals surface area (Å²) >= 11 is 0. The average molecular weight is 418 g/mol. The molecule has 1 fully saturated rings. The van der Waals surface area contributed by atoms with Gasteiger partial charge in [-0.3, -0.25) is 0 Å². The highest BCUT2D eigenvalue weighted by Gasteiger charge is 2.38. The molecule has 2 heterocycles. The smallest absolute Gasteiger partial charge is 0.231 e. The lowest BCUT2D eigenvalue weighted by Gasteiger charge is -2.43. The van der Waals surface area contributed by atoms with Gasteiger partial charge in [-0.15, -0.1) is 12.4 Å². The Bertz CT molecular complexity index is 783. The van der Waals surface area contributed by atoms with Crippen LogP contribution in [0, 0.1) is 5.92 Å². The van der Waals surface area contributed by atoms with Gasteiger partial charge in [-0.25, -0.2) is 0 Å². The Kier molecular flexibility index (Phi) is 7.44. The maximum absolute atomic E-state index is 6.09. The molecule has 0 spiro atoms. The van der Waals surface area contributed by atoms with E-state index in [1.165, 1.54) is 11.1 Å². The Labute approximate surface area is 180 Å². The van der Waals surface area contributed by atoms with Gasteiger partial charge >= 0.3 is 0 Å². The summed E-state index contributed by atoms with van der Waals surface area (Å²) in [7, 11) is 0. The maximum Gasteiger partial charge on any atom is 0.231 e. The van der Waals surface area contributed by atoms with Gasteiger partial charge in [0.05, 0.1) is 6.10 Å². The number of nitrogens with one attached hydrogen (secondary N) is 1. The van der Waals surface area contributed by atoms with Crippen molar-refractivity contribution in [1.82, 2.24) is 5.32 Å². The molecular weight excluding hydrogens is 386 g/mol. The van der Waals surface area contributed by atoms with Crippen molar-refractivity contribution in [3.05, 3.63) is 59.7 Å². The second-order valence-electron chi connectivity index (χ2n) is 8.37. The van der Waals surface area contributed by atoms with E-state index in [2.05, 4.69) is 61.6 Å². The first-order chi connectivity index (χ1) is 13.7. The van der Waals surface area contributed by atoms with E-state index in [1.54, 1.807) is 0 Å². The first kappa shape index (κ1) is 21.9. The minimum Gasteiger partial charge on any atom is -0.454 e. The minimum atomic E-state index is 0. The maximum atomic E-state index is 6.09. The third kappa shape index (κ3) is 5.06. The number of rotatable bonds is 7. The van der Waals surface area contributed by atoms with Gasteiger partial charge in [0.25, 0.3) is 0 Å². The number of hydrogen-bond donors (Lipinski definition) is 1. The van der Waals surface area contributed by atoms with Gasteiger partial charge in [0.15, 0.2) is 11.5 Å². The Morgan fingerprint density at radius 1 is 1.07 bits per heavy atom. The number of benzene rings is 2. The molecule has 1 saturated heterocycles. The second-order valence-corrected chi connectivity index (χ2v) is 8.37. The highest BCUT2D eigenvalue weighted by Crippen LogP contribution is 2.41. The van der Waals surface area contributed by atoms with Gasteiger partial charge in [0.2, 0.25) is 6.79 Å². The molecule has 4 rings (SSSR count). The van der Waals surface area contributed by atoms with Crippen molar-refractivity contribution in [2.45, 2.75) is 51.2 Å². The van der Waals surface area contributed by atoms with Crippen molar-refractivity contribution in [1.29, 1.82) is 0 Å². The molecule has 0 saturated carbocycles. The predicted molar refractivity (Wildman–Crippen MR) is 118 cm³/mol. The van der Waals surface area contributed by atoms with Crippen LogP contribution in [-0.2, 0) is 16.7 Å². The molecule has 2 unspecified atom stereocenters. The largest absolute Gasteiger partial charge is 0.454 e. The van der Waals surface area contributed by atoms with Crippen LogP contribution in [0.1, 0.15) is 44.2 Å². The van der Waals surface area contributed by atoms with Crippen LogP contribution in [0.2, 0.25) is 0 Å². The van der Waals surface area contributed by atoms with Crippen molar-refractivity contribution in [2.24, 2.45) is 5.92 Å². The molecule has 158 valence electrons. The van der Waals surface area contributed by atoms with Crippen molar-refractivity contribution in [2.75, 3.05) is 19.9 Å². The van der Waals surface area contributed by atoms with Gasteiger partial charge in [0.1, 0.15) is 0 Å². The fraction of sp³-hybridized carbons (Fsp3) is 0.500. The van der Waals surface area contributed by atoms with Crippen LogP contribution in [-0.4, -0.2) is 26.0 Å². The van der Waals surface area contributed by atoms with E-state index in [4.69, 9.17) is 14.2 Å². The zero-order valence-electron chi connectivity index (χ0n) is 17.4. The summed E-state index contributed by atoms with van der Waals surface area (Å²) in [6.07, 6.45) is 3.64. The fourth-order valence-electron chi connectivity index (χ4n) is 4.42. The SMILES string of the molecule is CC(C)C1CC(CCNCc2ccc3c(c2)OCO3)(c2ccccc2)CCO1.Cl. The number of fused-ring (bicyclic) bond motifs is 1. The molecule has 0 amide bonds. The third-order valence-corrected chi connectivity index (χ3v) is 6.18. The lowest BCUT2D eigenvalue weighted by Crippen LogP contribution is -2.42. The summed E-state index contributed by atoms with van der Waals surface area (Å²) in [5.41, 5.74) is 2.87. The molecule has 0 bridgehead atoms. The number of ether oxygens (including phenoxy) is 3. The molecule has 0 aromatic heterocycles. The van der Waals surface area contributed by atoms with Crippen molar-refractivity contribution in [3.8, 4) is 11.5 Å². The predicted octanol–water partition coefficient (Wildman–Crippen LogP) is 5.09. The quantitative estimate of drug-likeness (QED) is 0.637. The molecule has 4 nitrogen and oxygen atoms in total. The summed E-state index contributed by atoms with van der Waals surface area (Å²) in [6, 6.07) is 17.2. The Hall–Kier alpha value is -1.75. The van der Waals surface area contributed by atoms with E-state index in [0.717, 1.165) is 50.5 Å². The molecule has 2 aromatic carbocycles. The Balaban J connectivity index is 0.00000240. The lowest BCUT2D eigenvalue weighted by atomic mass is 9.68. The van der Waals surface area contributed by atoms with Crippen LogP contribution >= 0.6 is 12.4 Å². The minimum absolute atomic E-state index is 0. The molecule has 2 atom stereocenters. The van der Waals surface area contributed by atoms with Gasteiger partial charge in [-0.05, 0) is 55.0 Å². The van der Waals surface area contributed by atoms with E-state index in [-0.39, 0.29) is 17.8 Å². The zero-order valence-corrected chi connectivity index (χ0v) is 18.2. The van der Waals surface area contributed by atoms with Gasteiger partial charge in [-0.1, -0.05) is 50.2 Å². The summed E-state index contributed by atoms with van der Waals surface area (Å²) in [5, 5.41) is 3.64. The van der Waals surface area contributed by atoms with Gasteiger partial charge < -0.3 is 19.5 Å². The van der Waals surface area contributed by atoms with Crippen LogP contribution in [0.25, 0.3) is 0 Å². The molecule has 5 heteroatoms. The van der Waals surface area contributed by atoms with E-state index in [1.807, 2.05) is 6.07 Å². The van der Waals surface area contributed by atoms with Crippen molar-refractivity contribution in [3.63, 3.8) is 0 Å². The van der Waals surface area contributed by atoms with Crippen molar-refractivity contribution < 1.29 is 14.2 Å². The summed E-state index contributed by atoms with van der Waals surface area (Å²) < 4.78 is 17.0. The summed E-state index contributed by atoms with van der Waals surface area (Å²) in [6.45, 7) is 7.53. The molecule has 1 N–H and O–H groups in total. The first-order valence-corrected chi connectivity index (χ1v) is 10.4. The molecule has 2 aromatic rings. The van der Waals surface area contributed by atoms with Gasteiger partial charge in [0, 0.05) is 18.6 Å². The monoisotopic (exact) mass is 417 g/mol. The standard InChI is InChI=1S/C24H31NO3.ClH/c1-18(2)23-15-24(11-13-26-23,20-6-4-3-5-7-20)10-12-25-16-19-8-9-21-22(14-19)28-17-27-21;/h3-9,14,18,23,25H,10-13,15-17H2,1-2H3;1H. The highest BCUT2D eigenvalue weighted by molar-refractivity contribution is 5.85. The Morgan fingerprint density at radius 3 is 2.66 bits per heavy atom. The summed E-state index contributed by atoms with van der Waals surface area (Å²) in [4.78, 5) is 0.